The van der Waals surface area contributed by atoms with Gasteiger partial charge >= 0.3 is 0 Å². The number of para-hydroxylation sites is 2. The first-order valence-corrected chi connectivity index (χ1v) is 20.0. The molecule has 266 valence electrons. The number of allylic oxidation sites excluding steroid dienone is 4. The molecule has 0 aliphatic heterocycles. The zero-order valence-corrected chi connectivity index (χ0v) is 31.2. The minimum absolute atomic E-state index is 0.452. The second-order valence-corrected chi connectivity index (χ2v) is 15.5. The zero-order chi connectivity index (χ0) is 37.0. The smallest absolute Gasteiger partial charge is 0.0619 e. The van der Waals surface area contributed by atoms with Crippen molar-refractivity contribution in [2.45, 2.75) is 24.7 Å². The molecule has 1 heterocycles. The number of hydrogen-bond donors (Lipinski definition) is 0. The standard InChI is InChI=1S/C55H41N/c1-4-14-37(15-5-1)39-24-30-42(31-25-39)52-53(43-32-26-40(27-33-43)38-16-6-2-7-17-38)54(52)44-34-28-41(29-35-44)49-36-50-47-21-12-13-23-51(47)56(45-18-8-3-9-19-45)55(50)48-22-11-10-20-46(48)49/h1-26,28-32,34-36,52-54H,27,33H2. The van der Waals surface area contributed by atoms with Gasteiger partial charge in [0.05, 0.1) is 11.0 Å². The minimum atomic E-state index is 0.452. The largest absolute Gasteiger partial charge is 0.309 e. The topological polar surface area (TPSA) is 4.93 Å². The Labute approximate surface area is 328 Å². The van der Waals surface area contributed by atoms with E-state index in [0.29, 0.717) is 17.8 Å². The van der Waals surface area contributed by atoms with Crippen LogP contribution < -0.4 is 0 Å². The Hall–Kier alpha value is -6.70. The van der Waals surface area contributed by atoms with E-state index in [9.17, 15) is 0 Å². The van der Waals surface area contributed by atoms with Crippen molar-refractivity contribution in [3.63, 3.8) is 0 Å². The zero-order valence-electron chi connectivity index (χ0n) is 31.2. The molecule has 9 aromatic rings. The van der Waals surface area contributed by atoms with Crippen LogP contribution in [0, 0.1) is 5.92 Å². The number of hydrogen-bond acceptors (Lipinski definition) is 0. The maximum atomic E-state index is 2.45. The molecule has 1 nitrogen and oxygen atoms in total. The first-order chi connectivity index (χ1) is 27.8. The van der Waals surface area contributed by atoms with E-state index in [1.165, 1.54) is 82.8 Å². The third kappa shape index (κ3) is 5.54. The molecule has 2 aliphatic rings. The highest BCUT2D eigenvalue weighted by atomic mass is 15.0. The summed E-state index contributed by atoms with van der Waals surface area (Å²) in [6.07, 6.45) is 7.04. The Morgan fingerprint density at radius 2 is 0.911 bits per heavy atom. The van der Waals surface area contributed by atoms with Crippen molar-refractivity contribution in [1.29, 1.82) is 0 Å². The second-order valence-electron chi connectivity index (χ2n) is 15.5. The van der Waals surface area contributed by atoms with E-state index < -0.39 is 0 Å². The summed E-state index contributed by atoms with van der Waals surface area (Å²) in [6.45, 7) is 0. The maximum Gasteiger partial charge on any atom is 0.0619 e. The highest BCUT2D eigenvalue weighted by Crippen LogP contribution is 2.65. The lowest BCUT2D eigenvalue weighted by Crippen LogP contribution is -1.97. The molecular formula is C55H41N. The number of rotatable bonds is 7. The van der Waals surface area contributed by atoms with Crippen molar-refractivity contribution in [2.75, 3.05) is 0 Å². The number of nitrogens with zero attached hydrogens (tertiary/aromatic N) is 1. The normalized spacial score (nSPS) is 17.9. The van der Waals surface area contributed by atoms with E-state index in [1.54, 1.807) is 5.57 Å². The van der Waals surface area contributed by atoms with Crippen LogP contribution >= 0.6 is 0 Å². The molecule has 8 aromatic carbocycles. The lowest BCUT2D eigenvalue weighted by atomic mass is 9.89. The summed E-state index contributed by atoms with van der Waals surface area (Å²) in [5.41, 5.74) is 16.0. The molecule has 56 heavy (non-hydrogen) atoms. The van der Waals surface area contributed by atoms with Gasteiger partial charge in [0, 0.05) is 21.8 Å². The first-order valence-electron chi connectivity index (χ1n) is 20.0. The average molecular weight is 716 g/mol. The molecule has 1 heteroatoms. The molecule has 11 rings (SSSR count). The lowest BCUT2D eigenvalue weighted by molar-refractivity contribution is 0.820. The Morgan fingerprint density at radius 3 is 1.55 bits per heavy atom. The fourth-order valence-corrected chi connectivity index (χ4v) is 9.75. The van der Waals surface area contributed by atoms with Crippen molar-refractivity contribution < 1.29 is 0 Å². The molecule has 2 aliphatic carbocycles. The predicted molar refractivity (Wildman–Crippen MR) is 236 cm³/mol. The van der Waals surface area contributed by atoms with E-state index in [2.05, 4.69) is 211 Å². The monoisotopic (exact) mass is 715 g/mol. The molecule has 0 saturated heterocycles. The third-order valence-electron chi connectivity index (χ3n) is 12.5. The Bertz CT molecular complexity index is 2930. The van der Waals surface area contributed by atoms with Gasteiger partial charge in [-0.15, -0.1) is 0 Å². The molecule has 0 N–H and O–H groups in total. The summed E-state index contributed by atoms with van der Waals surface area (Å²) in [6, 6.07) is 71.6. The quantitative estimate of drug-likeness (QED) is 0.155. The fraction of sp³-hybridized carbons (Fsp3) is 0.0909. The maximum absolute atomic E-state index is 2.45. The Balaban J connectivity index is 0.989. The van der Waals surface area contributed by atoms with Crippen LogP contribution in [0.2, 0.25) is 0 Å². The van der Waals surface area contributed by atoms with Crippen LogP contribution in [-0.4, -0.2) is 4.57 Å². The van der Waals surface area contributed by atoms with Crippen molar-refractivity contribution >= 4 is 38.2 Å². The predicted octanol–water partition coefficient (Wildman–Crippen LogP) is 14.6. The summed E-state index contributed by atoms with van der Waals surface area (Å²) in [4.78, 5) is 0. The highest BCUT2D eigenvalue weighted by Gasteiger charge is 2.53. The molecule has 0 radical (unpaired) electrons. The van der Waals surface area contributed by atoms with E-state index in [-0.39, 0.29) is 0 Å². The molecular weight excluding hydrogens is 675 g/mol. The average Bonchev–Trinajstić information content (AvgIpc) is 3.94. The van der Waals surface area contributed by atoms with Gasteiger partial charge in [0.25, 0.3) is 0 Å². The van der Waals surface area contributed by atoms with Crippen LogP contribution in [0.25, 0.3) is 66.1 Å². The molecule has 3 unspecified atom stereocenters. The lowest BCUT2D eigenvalue weighted by Gasteiger charge is -2.16. The van der Waals surface area contributed by atoms with Crippen LogP contribution in [0.5, 0.6) is 0 Å². The summed E-state index contributed by atoms with van der Waals surface area (Å²) < 4.78 is 2.44. The molecule has 1 fully saturated rings. The molecule has 3 atom stereocenters. The van der Waals surface area contributed by atoms with Crippen molar-refractivity contribution in [1.82, 2.24) is 4.57 Å². The molecule has 1 saturated carbocycles. The van der Waals surface area contributed by atoms with E-state index >= 15 is 0 Å². The van der Waals surface area contributed by atoms with Crippen LogP contribution in [0.3, 0.4) is 0 Å². The second kappa shape index (κ2) is 13.6. The highest BCUT2D eigenvalue weighted by molar-refractivity contribution is 6.22. The summed E-state index contributed by atoms with van der Waals surface area (Å²) in [7, 11) is 0. The minimum Gasteiger partial charge on any atom is -0.309 e. The van der Waals surface area contributed by atoms with Gasteiger partial charge in [-0.2, -0.15) is 0 Å². The number of fused-ring (bicyclic) bond motifs is 5. The van der Waals surface area contributed by atoms with Gasteiger partial charge in [-0.25, -0.2) is 0 Å². The van der Waals surface area contributed by atoms with Gasteiger partial charge in [0.15, 0.2) is 0 Å². The van der Waals surface area contributed by atoms with Crippen LogP contribution in [-0.2, 0) is 0 Å². The van der Waals surface area contributed by atoms with Crippen molar-refractivity contribution in [3.8, 4) is 27.9 Å². The van der Waals surface area contributed by atoms with E-state index in [0.717, 1.165) is 12.8 Å². The van der Waals surface area contributed by atoms with Gasteiger partial charge in [0.2, 0.25) is 0 Å². The SMILES string of the molecule is C1=C(c2ccccc2)CCC(C2C(c3ccc(-c4ccccc4)cc3)C2c2ccc(-c3cc4c5ccccc5n(-c5ccccc5)c4c4ccccc34)cc2)=C1. The van der Waals surface area contributed by atoms with Gasteiger partial charge < -0.3 is 4.57 Å². The molecule has 0 spiro atoms. The van der Waals surface area contributed by atoms with E-state index in [1.807, 2.05) is 0 Å². The van der Waals surface area contributed by atoms with Crippen molar-refractivity contribution in [3.05, 3.63) is 229 Å². The van der Waals surface area contributed by atoms with Gasteiger partial charge in [-0.05, 0) is 105 Å². The van der Waals surface area contributed by atoms with Gasteiger partial charge in [-0.3, -0.25) is 0 Å². The van der Waals surface area contributed by atoms with Gasteiger partial charge in [0.1, 0.15) is 0 Å². The summed E-state index contributed by atoms with van der Waals surface area (Å²) >= 11 is 0. The van der Waals surface area contributed by atoms with E-state index in [4.69, 9.17) is 0 Å². The van der Waals surface area contributed by atoms with Crippen LogP contribution in [0.1, 0.15) is 41.4 Å². The first kappa shape index (κ1) is 32.7. The Morgan fingerprint density at radius 1 is 0.375 bits per heavy atom. The fourth-order valence-electron chi connectivity index (χ4n) is 9.75. The van der Waals surface area contributed by atoms with Crippen LogP contribution in [0.15, 0.2) is 212 Å². The number of aromatic nitrogens is 1. The summed E-state index contributed by atoms with van der Waals surface area (Å²) in [5, 5.41) is 5.12. The molecule has 0 amide bonds. The summed E-state index contributed by atoms with van der Waals surface area (Å²) in [5.74, 6) is 1.41. The molecule has 1 aromatic heterocycles. The van der Waals surface area contributed by atoms with Crippen LogP contribution in [0.4, 0.5) is 0 Å². The van der Waals surface area contributed by atoms with Crippen molar-refractivity contribution in [2.24, 2.45) is 5.92 Å². The number of benzene rings is 8. The van der Waals surface area contributed by atoms with Gasteiger partial charge in [-0.1, -0.05) is 188 Å². The third-order valence-corrected chi connectivity index (χ3v) is 12.5. The molecule has 0 bridgehead atoms. The Kier molecular flexibility index (Phi) is 7.91.